The molecule has 3 heterocycles. The van der Waals surface area contributed by atoms with Gasteiger partial charge in [-0.2, -0.15) is 0 Å². The number of ether oxygens (including phenoxy) is 2. The molecule has 1 saturated heterocycles. The van der Waals surface area contributed by atoms with Gasteiger partial charge in [-0.15, -0.1) is 0 Å². The summed E-state index contributed by atoms with van der Waals surface area (Å²) in [6.07, 6.45) is 8.43. The molecule has 5 atom stereocenters. The number of nitrogens with zero attached hydrogens (tertiary/aromatic N) is 2. The van der Waals surface area contributed by atoms with Crippen molar-refractivity contribution in [2.45, 2.75) is 93.8 Å². The number of amides is 2. The monoisotopic (exact) mass is 759 g/mol. The average molecular weight is 760 g/mol. The van der Waals surface area contributed by atoms with Crippen LogP contribution in [0.4, 0.5) is 14.5 Å². The highest BCUT2D eigenvalue weighted by Gasteiger charge is 2.45. The van der Waals surface area contributed by atoms with Crippen LogP contribution < -0.4 is 14.4 Å². The Balaban J connectivity index is 1.22. The Kier molecular flexibility index (Phi) is 10.6. The molecule has 52 heavy (non-hydrogen) atoms. The number of sulfonamides is 1. The Labute approximate surface area is 310 Å². The zero-order chi connectivity index (χ0) is 36.7. The number of fused-ring (bicyclic) bond motifs is 4. The van der Waals surface area contributed by atoms with Crippen LogP contribution in [0.5, 0.6) is 5.75 Å². The first-order valence-electron chi connectivity index (χ1n) is 18.7. The minimum atomic E-state index is -3.99. The molecule has 0 aromatic heterocycles. The lowest BCUT2D eigenvalue weighted by molar-refractivity contribution is -0.145. The fraction of sp³-hybridized carbons (Fsp3) is 0.590. The van der Waals surface area contributed by atoms with Crippen molar-refractivity contribution in [2.24, 2.45) is 11.8 Å². The molecule has 2 aromatic rings. The zero-order valence-electron chi connectivity index (χ0n) is 29.6. The summed E-state index contributed by atoms with van der Waals surface area (Å²) in [4.78, 5) is 30.4. The summed E-state index contributed by atoms with van der Waals surface area (Å²) in [6.45, 7) is 3.27. The molecule has 282 valence electrons. The molecule has 3 aliphatic heterocycles. The fourth-order valence-corrected chi connectivity index (χ4v) is 10.4. The largest absolute Gasteiger partial charge is 0.490 e. The number of anilines is 1. The highest BCUT2D eigenvalue weighted by Crippen LogP contribution is 2.47. The maximum absolute atomic E-state index is 13.8. The van der Waals surface area contributed by atoms with Crippen LogP contribution in [0, 0.1) is 11.8 Å². The standard InChI is InChI=1S/C39H48ClF2N3O6S/c1-2-30-7-3-4-8-34(50-23-36(46)44-18-16-39(41,42)17-19-44)31-12-9-28(31)22-45-24-38(15-5-6-26-20-29(40)11-13-32(26)38)25-51-35-14-10-27(21-33(35)45)37(47)43-52(30,48)49/h4,8,10-11,13-14,20-21,28,30-31,34H,2-3,5-7,9,12,15-19,22-25H2,1H3,(H,43,47)/b8-4-/t28-,30+,31+,34-,38-/m0/s1. The van der Waals surface area contributed by atoms with E-state index in [-0.39, 0.29) is 61.3 Å². The number of hydrogen-bond donors (Lipinski definition) is 1. The van der Waals surface area contributed by atoms with Gasteiger partial charge in [0.25, 0.3) is 11.8 Å². The summed E-state index contributed by atoms with van der Waals surface area (Å²) in [6, 6.07) is 11.2. The minimum absolute atomic E-state index is 0.000678. The summed E-state index contributed by atoms with van der Waals surface area (Å²) in [5.74, 6) is -2.84. The summed E-state index contributed by atoms with van der Waals surface area (Å²) in [5, 5.41) is -0.0910. The Bertz CT molecular complexity index is 1810. The Morgan fingerprint density at radius 3 is 2.65 bits per heavy atom. The van der Waals surface area contributed by atoms with E-state index in [9.17, 15) is 26.8 Å². The number of alkyl halides is 2. The average Bonchev–Trinajstić information content (AvgIpc) is 3.24. The third kappa shape index (κ3) is 7.71. The quantitative estimate of drug-likeness (QED) is 0.348. The number of nitrogens with one attached hydrogen (secondary N) is 1. The van der Waals surface area contributed by atoms with Gasteiger partial charge < -0.3 is 19.3 Å². The zero-order valence-corrected chi connectivity index (χ0v) is 31.2. The van der Waals surface area contributed by atoms with Crippen molar-refractivity contribution in [3.8, 4) is 5.75 Å². The fourth-order valence-electron chi connectivity index (χ4n) is 8.82. The van der Waals surface area contributed by atoms with Crippen molar-refractivity contribution >= 4 is 39.1 Å². The van der Waals surface area contributed by atoms with E-state index in [0.29, 0.717) is 49.7 Å². The van der Waals surface area contributed by atoms with E-state index in [1.54, 1.807) is 25.1 Å². The summed E-state index contributed by atoms with van der Waals surface area (Å²) < 4.78 is 69.8. The van der Waals surface area contributed by atoms with Crippen molar-refractivity contribution < 1.29 is 36.3 Å². The van der Waals surface area contributed by atoms with Gasteiger partial charge in [0, 0.05) is 55.0 Å². The van der Waals surface area contributed by atoms with Crippen LogP contribution in [0.25, 0.3) is 0 Å². The molecule has 1 spiro atoms. The van der Waals surface area contributed by atoms with E-state index >= 15 is 0 Å². The first kappa shape index (κ1) is 37.1. The normalized spacial score (nSPS) is 30.5. The highest BCUT2D eigenvalue weighted by atomic mass is 35.5. The topological polar surface area (TPSA) is 105 Å². The lowest BCUT2D eigenvalue weighted by Crippen LogP contribution is -2.50. The van der Waals surface area contributed by atoms with Gasteiger partial charge in [-0.05, 0) is 105 Å². The van der Waals surface area contributed by atoms with Crippen LogP contribution in [0.3, 0.4) is 0 Å². The van der Waals surface area contributed by atoms with E-state index in [2.05, 4.69) is 15.7 Å². The van der Waals surface area contributed by atoms with Gasteiger partial charge in [0.05, 0.1) is 23.6 Å². The molecule has 13 heteroatoms. The molecule has 9 nitrogen and oxygen atoms in total. The Hall–Kier alpha value is -3.22. The lowest BCUT2D eigenvalue weighted by Gasteiger charge is -2.46. The van der Waals surface area contributed by atoms with Gasteiger partial charge in [-0.3, -0.25) is 9.59 Å². The first-order chi connectivity index (χ1) is 24.9. The third-order valence-corrected chi connectivity index (χ3v) is 14.2. The number of carbonyl (C=O) groups is 2. The molecule has 1 N–H and O–H groups in total. The van der Waals surface area contributed by atoms with Crippen molar-refractivity contribution in [3.05, 3.63) is 70.3 Å². The van der Waals surface area contributed by atoms with Crippen molar-refractivity contribution in [1.82, 2.24) is 9.62 Å². The number of allylic oxidation sites excluding steroid dienone is 1. The lowest BCUT2D eigenvalue weighted by atomic mass is 9.68. The summed E-state index contributed by atoms with van der Waals surface area (Å²) >= 11 is 6.44. The van der Waals surface area contributed by atoms with Gasteiger partial charge in [-0.1, -0.05) is 36.7 Å². The van der Waals surface area contributed by atoms with E-state index in [1.807, 2.05) is 24.3 Å². The predicted molar refractivity (Wildman–Crippen MR) is 196 cm³/mol. The molecule has 7 rings (SSSR count). The van der Waals surface area contributed by atoms with Gasteiger partial charge in [0.2, 0.25) is 15.9 Å². The second-order valence-corrected chi connectivity index (χ2v) is 17.7. The van der Waals surface area contributed by atoms with Crippen LogP contribution in [-0.2, 0) is 31.4 Å². The number of rotatable bonds is 4. The maximum atomic E-state index is 13.8. The number of carbonyl (C=O) groups excluding carboxylic acids is 2. The van der Waals surface area contributed by atoms with Gasteiger partial charge >= 0.3 is 0 Å². The van der Waals surface area contributed by atoms with E-state index in [1.165, 1.54) is 16.0 Å². The van der Waals surface area contributed by atoms with E-state index in [4.69, 9.17) is 21.1 Å². The van der Waals surface area contributed by atoms with Crippen LogP contribution in [0.15, 0.2) is 48.6 Å². The second kappa shape index (κ2) is 14.9. The highest BCUT2D eigenvalue weighted by molar-refractivity contribution is 7.90. The Morgan fingerprint density at radius 1 is 1.10 bits per heavy atom. The molecule has 2 fully saturated rings. The Morgan fingerprint density at radius 2 is 1.90 bits per heavy atom. The molecule has 2 aliphatic carbocycles. The molecule has 1 saturated carbocycles. The molecule has 0 radical (unpaired) electrons. The number of benzene rings is 2. The van der Waals surface area contributed by atoms with Crippen LogP contribution in [0.1, 0.15) is 86.2 Å². The van der Waals surface area contributed by atoms with Gasteiger partial charge in [0.15, 0.2) is 0 Å². The molecule has 2 bridgehead atoms. The number of piperidine rings is 1. The van der Waals surface area contributed by atoms with Gasteiger partial charge in [-0.25, -0.2) is 21.9 Å². The number of hydrogen-bond acceptors (Lipinski definition) is 7. The summed E-state index contributed by atoms with van der Waals surface area (Å²) in [7, 11) is -3.99. The van der Waals surface area contributed by atoms with E-state index < -0.39 is 33.2 Å². The third-order valence-electron chi connectivity index (χ3n) is 12.0. The SMILES string of the molecule is CC[C@@H]1CC/C=C\[C@H](OCC(=O)N2CCC(F)(F)CC2)[C@@H]2CC[C@H]2CN2C[C@@]3(CCCc4cc(Cl)ccc43)COc3ccc(cc32)C(=O)NS1(=O)=O. The van der Waals surface area contributed by atoms with Crippen LogP contribution in [0.2, 0.25) is 5.02 Å². The smallest absolute Gasteiger partial charge is 0.264 e. The number of aryl methyl sites for hydroxylation is 1. The van der Waals surface area contributed by atoms with E-state index in [0.717, 1.165) is 37.8 Å². The number of halogens is 3. The van der Waals surface area contributed by atoms with Crippen LogP contribution >= 0.6 is 11.6 Å². The molecule has 2 aromatic carbocycles. The van der Waals surface area contributed by atoms with Crippen molar-refractivity contribution in [1.29, 1.82) is 0 Å². The van der Waals surface area contributed by atoms with Crippen molar-refractivity contribution in [2.75, 3.05) is 44.3 Å². The minimum Gasteiger partial charge on any atom is -0.490 e. The molecule has 2 amide bonds. The number of likely N-dealkylation sites (tertiary alicyclic amines) is 1. The molecular weight excluding hydrogens is 712 g/mol. The molecule has 0 unspecified atom stereocenters. The summed E-state index contributed by atoms with van der Waals surface area (Å²) in [5.41, 5.74) is 3.05. The molecule has 5 aliphatic rings. The van der Waals surface area contributed by atoms with Crippen molar-refractivity contribution in [3.63, 3.8) is 0 Å². The maximum Gasteiger partial charge on any atom is 0.264 e. The van der Waals surface area contributed by atoms with Gasteiger partial charge in [0.1, 0.15) is 12.4 Å². The second-order valence-electron chi connectivity index (χ2n) is 15.3. The molecular formula is C39H48ClF2N3O6S. The van der Waals surface area contributed by atoms with Crippen LogP contribution in [-0.4, -0.2) is 81.8 Å². The predicted octanol–water partition coefficient (Wildman–Crippen LogP) is 6.67. The first-order valence-corrected chi connectivity index (χ1v) is 20.6.